The lowest BCUT2D eigenvalue weighted by Crippen LogP contribution is -2.33. The van der Waals surface area contributed by atoms with Gasteiger partial charge in [0.15, 0.2) is 0 Å². The summed E-state index contributed by atoms with van der Waals surface area (Å²) in [6.45, 7) is 2.17. The van der Waals surface area contributed by atoms with E-state index in [9.17, 15) is 9.59 Å². The number of H-pyrrole nitrogens is 1. The quantitative estimate of drug-likeness (QED) is 0.820. The van der Waals surface area contributed by atoms with Gasteiger partial charge in [0.05, 0.1) is 12.7 Å². The highest BCUT2D eigenvalue weighted by Gasteiger charge is 2.27. The number of hydrogen-bond donors (Lipinski definition) is 1. The Morgan fingerprint density at radius 3 is 3.06 bits per heavy atom. The van der Waals surface area contributed by atoms with E-state index in [1.54, 1.807) is 13.1 Å². The summed E-state index contributed by atoms with van der Waals surface area (Å²) in [5.74, 6) is 0. The maximum absolute atomic E-state index is 11.6. The highest BCUT2D eigenvalue weighted by Crippen LogP contribution is 2.27. The van der Waals surface area contributed by atoms with E-state index >= 15 is 0 Å². The molecule has 1 N–H and O–H groups in total. The summed E-state index contributed by atoms with van der Waals surface area (Å²) < 4.78 is 12.1. The van der Waals surface area contributed by atoms with Crippen molar-refractivity contribution in [1.29, 1.82) is 0 Å². The molecule has 1 aliphatic heterocycles. The topological polar surface area (TPSA) is 73.3 Å². The Labute approximate surface area is 112 Å². The van der Waals surface area contributed by atoms with Crippen LogP contribution < -0.4 is 11.2 Å². The second kappa shape index (κ2) is 5.32. The average Bonchev–Trinajstić information content (AvgIpc) is 2.72. The minimum Gasteiger partial charge on any atom is -0.352 e. The molecule has 0 bridgehead atoms. The smallest absolute Gasteiger partial charge is 0.330 e. The van der Waals surface area contributed by atoms with Crippen LogP contribution in [0.15, 0.2) is 15.8 Å². The molecule has 0 aromatic carbocycles. The maximum atomic E-state index is 11.6. The Balaban J connectivity index is 2.22. The summed E-state index contributed by atoms with van der Waals surface area (Å²) in [6.07, 6.45) is 2.83. The Bertz CT molecular complexity index is 510. The molecule has 0 aliphatic carbocycles. The number of aromatic nitrogens is 2. The molecular formula is C10H13IN2O4. The lowest BCUT2D eigenvalue weighted by Gasteiger charge is -2.15. The van der Waals surface area contributed by atoms with Gasteiger partial charge in [-0.25, -0.2) is 4.79 Å². The number of hydrogen-bond acceptors (Lipinski definition) is 4. The first-order valence-electron chi connectivity index (χ1n) is 5.33. The van der Waals surface area contributed by atoms with E-state index in [0.717, 1.165) is 12.8 Å². The molecule has 2 atom stereocenters. The van der Waals surface area contributed by atoms with Crippen LogP contribution in [-0.4, -0.2) is 22.3 Å². The predicted octanol–water partition coefficient (Wildman–Crippen LogP) is 0.889. The Morgan fingerprint density at radius 2 is 2.35 bits per heavy atom. The molecule has 1 fully saturated rings. The third-order valence-electron chi connectivity index (χ3n) is 2.79. The molecule has 1 saturated heterocycles. The van der Waals surface area contributed by atoms with E-state index in [4.69, 9.17) is 7.80 Å². The van der Waals surface area contributed by atoms with Crippen LogP contribution in [0.25, 0.3) is 0 Å². The number of aromatic amines is 1. The van der Waals surface area contributed by atoms with Gasteiger partial charge < -0.3 is 7.80 Å². The minimum absolute atomic E-state index is 0.0102. The van der Waals surface area contributed by atoms with Gasteiger partial charge in [0.2, 0.25) is 0 Å². The van der Waals surface area contributed by atoms with Crippen molar-refractivity contribution in [1.82, 2.24) is 9.55 Å². The largest absolute Gasteiger partial charge is 0.352 e. The van der Waals surface area contributed by atoms with Gasteiger partial charge in [-0.3, -0.25) is 14.3 Å². The molecule has 0 spiro atoms. The fourth-order valence-corrected chi connectivity index (χ4v) is 2.29. The van der Waals surface area contributed by atoms with E-state index in [1.165, 1.54) is 4.57 Å². The normalized spacial score (nSPS) is 24.1. The van der Waals surface area contributed by atoms with Gasteiger partial charge in [0.1, 0.15) is 29.2 Å². The van der Waals surface area contributed by atoms with E-state index < -0.39 is 5.69 Å². The van der Waals surface area contributed by atoms with Gasteiger partial charge in [-0.2, -0.15) is 0 Å². The molecule has 0 unspecified atom stereocenters. The van der Waals surface area contributed by atoms with Crippen LogP contribution in [0.4, 0.5) is 0 Å². The zero-order chi connectivity index (χ0) is 12.4. The number of aryl methyl sites for hydroxylation is 1. The summed E-state index contributed by atoms with van der Waals surface area (Å²) in [5.41, 5.74) is -0.278. The average molecular weight is 352 g/mol. The molecule has 0 saturated carbocycles. The molecule has 2 rings (SSSR count). The summed E-state index contributed by atoms with van der Waals surface area (Å²) in [7, 11) is 0. The van der Waals surface area contributed by atoms with Gasteiger partial charge >= 0.3 is 5.69 Å². The summed E-state index contributed by atoms with van der Waals surface area (Å²) >= 11 is 1.82. The van der Waals surface area contributed by atoms with Crippen molar-refractivity contribution in [2.45, 2.75) is 32.1 Å². The van der Waals surface area contributed by atoms with E-state index in [1.807, 2.05) is 23.0 Å². The SMILES string of the molecule is Cc1cn([C@H]2CC[C@@H](COI)O2)c(=O)[nH]c1=O. The molecule has 6 nitrogen and oxygen atoms in total. The van der Waals surface area contributed by atoms with Crippen molar-refractivity contribution in [3.8, 4) is 0 Å². The van der Waals surface area contributed by atoms with Crippen LogP contribution in [0.5, 0.6) is 0 Å². The first-order chi connectivity index (χ1) is 8.11. The summed E-state index contributed by atoms with van der Waals surface area (Å²) in [6, 6.07) is 0. The summed E-state index contributed by atoms with van der Waals surface area (Å²) in [4.78, 5) is 25.2. The molecular weight excluding hydrogens is 339 g/mol. The lowest BCUT2D eigenvalue weighted by molar-refractivity contribution is -0.0141. The highest BCUT2D eigenvalue weighted by atomic mass is 127. The first kappa shape index (κ1) is 12.8. The Hall–Kier alpha value is -0.670. The summed E-state index contributed by atoms with van der Waals surface area (Å²) in [5, 5.41) is 0. The highest BCUT2D eigenvalue weighted by molar-refractivity contribution is 14.1. The second-order valence-corrected chi connectivity index (χ2v) is 4.67. The van der Waals surface area contributed by atoms with E-state index in [-0.39, 0.29) is 17.9 Å². The van der Waals surface area contributed by atoms with Crippen LogP contribution in [0.3, 0.4) is 0 Å². The molecule has 7 heteroatoms. The lowest BCUT2D eigenvalue weighted by atomic mass is 10.2. The number of nitrogens with zero attached hydrogens (tertiary/aromatic N) is 1. The molecule has 17 heavy (non-hydrogen) atoms. The number of nitrogens with one attached hydrogen (secondary N) is 1. The van der Waals surface area contributed by atoms with Gasteiger partial charge in [-0.15, -0.1) is 0 Å². The third kappa shape index (κ3) is 2.78. The van der Waals surface area contributed by atoms with Crippen LogP contribution in [0.2, 0.25) is 0 Å². The maximum Gasteiger partial charge on any atom is 0.330 e. The number of rotatable bonds is 3. The molecule has 94 valence electrons. The monoisotopic (exact) mass is 352 g/mol. The van der Waals surface area contributed by atoms with Crippen molar-refractivity contribution in [2.24, 2.45) is 0 Å². The standard InChI is InChI=1S/C10H13IN2O4/c1-6-4-13(10(15)12-9(6)14)8-3-2-7(17-8)5-16-11/h4,7-8H,2-3,5H2,1H3,(H,12,14,15)/t7-,8+/m0/s1. The fraction of sp³-hybridized carbons (Fsp3) is 0.600. The van der Waals surface area contributed by atoms with Gasteiger partial charge in [-0.1, -0.05) is 0 Å². The number of halogens is 1. The minimum atomic E-state index is -0.429. The Morgan fingerprint density at radius 1 is 1.59 bits per heavy atom. The van der Waals surface area contributed by atoms with Crippen molar-refractivity contribution >= 4 is 23.0 Å². The molecule has 2 heterocycles. The predicted molar refractivity (Wildman–Crippen MR) is 69.2 cm³/mol. The molecule has 1 aromatic heterocycles. The van der Waals surface area contributed by atoms with Crippen molar-refractivity contribution in [3.63, 3.8) is 0 Å². The van der Waals surface area contributed by atoms with Crippen molar-refractivity contribution in [3.05, 3.63) is 32.6 Å². The third-order valence-corrected chi connectivity index (χ3v) is 3.15. The first-order valence-corrected chi connectivity index (χ1v) is 6.21. The van der Waals surface area contributed by atoms with Gasteiger partial charge in [0.25, 0.3) is 5.56 Å². The van der Waals surface area contributed by atoms with Crippen molar-refractivity contribution in [2.75, 3.05) is 6.61 Å². The molecule has 1 aromatic rings. The van der Waals surface area contributed by atoms with Gasteiger partial charge in [0, 0.05) is 11.8 Å². The molecule has 0 radical (unpaired) electrons. The van der Waals surface area contributed by atoms with E-state index in [2.05, 4.69) is 4.98 Å². The number of ether oxygens (including phenoxy) is 1. The van der Waals surface area contributed by atoms with E-state index in [0.29, 0.717) is 12.2 Å². The fourth-order valence-electron chi connectivity index (χ4n) is 1.88. The van der Waals surface area contributed by atoms with Crippen molar-refractivity contribution < 1.29 is 7.80 Å². The molecule has 1 aliphatic rings. The molecule has 0 amide bonds. The van der Waals surface area contributed by atoms with Crippen LogP contribution in [0, 0.1) is 6.92 Å². The van der Waals surface area contributed by atoms with Gasteiger partial charge in [-0.05, 0) is 19.8 Å². The zero-order valence-electron chi connectivity index (χ0n) is 9.31. The van der Waals surface area contributed by atoms with Crippen LogP contribution >= 0.6 is 23.0 Å². The second-order valence-electron chi connectivity index (χ2n) is 4.04. The van der Waals surface area contributed by atoms with Crippen LogP contribution in [0.1, 0.15) is 24.6 Å². The van der Waals surface area contributed by atoms with Crippen LogP contribution in [-0.2, 0) is 7.80 Å². The zero-order valence-corrected chi connectivity index (χ0v) is 11.5. The Kier molecular flexibility index (Phi) is 4.00.